The highest BCUT2D eigenvalue weighted by Gasteiger charge is 2.53. The summed E-state index contributed by atoms with van der Waals surface area (Å²) in [6.07, 6.45) is 3.54. The number of fused-ring (bicyclic) bond motifs is 1. The Hall–Kier alpha value is -2.95. The van der Waals surface area contributed by atoms with Crippen molar-refractivity contribution in [3.8, 4) is 0 Å². The van der Waals surface area contributed by atoms with Crippen molar-refractivity contribution in [1.82, 2.24) is 20.5 Å². The average molecular weight is 674 g/mol. The summed E-state index contributed by atoms with van der Waals surface area (Å²) in [7, 11) is 0. The number of β-lactam (4-membered cyclic amide) rings is 1. The van der Waals surface area contributed by atoms with Crippen LogP contribution in [0.1, 0.15) is 5.56 Å². The SMILES string of the molecule is O=C(C[n+]1ccc(SCC2=C(C(=O)O)N3C(=O)[C@H](NC(=S)Cc4cc(Cl)nc(Cl)c4)[C@H]3SC2)cc1)NC(CO)C(=O)O. The van der Waals surface area contributed by atoms with Crippen LogP contribution in [0.5, 0.6) is 0 Å². The van der Waals surface area contributed by atoms with Crippen LogP contribution in [0.3, 0.4) is 0 Å². The summed E-state index contributed by atoms with van der Waals surface area (Å²) in [6, 6.07) is 4.67. The molecule has 2 aromatic heterocycles. The summed E-state index contributed by atoms with van der Waals surface area (Å²) in [4.78, 5) is 54.6. The molecule has 12 nitrogen and oxygen atoms in total. The first-order chi connectivity index (χ1) is 20.0. The first-order valence-electron chi connectivity index (χ1n) is 12.2. The highest BCUT2D eigenvalue weighted by atomic mass is 35.5. The van der Waals surface area contributed by atoms with Crippen molar-refractivity contribution in [3.63, 3.8) is 0 Å². The fraction of sp³-hybridized carbons (Fsp3) is 0.320. The Labute approximate surface area is 263 Å². The van der Waals surface area contributed by atoms with Gasteiger partial charge in [-0.3, -0.25) is 14.5 Å². The molecule has 1 saturated heterocycles. The molecule has 42 heavy (non-hydrogen) atoms. The van der Waals surface area contributed by atoms with Gasteiger partial charge >= 0.3 is 11.9 Å². The smallest absolute Gasteiger partial charge is 0.352 e. The van der Waals surface area contributed by atoms with Gasteiger partial charge in [0.1, 0.15) is 27.4 Å². The zero-order valence-corrected chi connectivity index (χ0v) is 25.5. The Balaban J connectivity index is 1.34. The van der Waals surface area contributed by atoms with Gasteiger partial charge in [0.15, 0.2) is 18.4 Å². The van der Waals surface area contributed by atoms with Crippen molar-refractivity contribution < 1.29 is 39.1 Å². The predicted molar refractivity (Wildman–Crippen MR) is 159 cm³/mol. The molecule has 0 radical (unpaired) electrons. The topological polar surface area (TPSA) is 173 Å². The molecule has 1 unspecified atom stereocenters. The maximum absolute atomic E-state index is 13.0. The number of carbonyl (C=O) groups excluding carboxylic acids is 2. The van der Waals surface area contributed by atoms with Gasteiger partial charge in [-0.15, -0.1) is 23.5 Å². The number of amides is 2. The minimum atomic E-state index is -1.38. The number of hydrogen-bond donors (Lipinski definition) is 5. The van der Waals surface area contributed by atoms with Gasteiger partial charge in [-0.2, -0.15) is 4.57 Å². The standard InChI is InChI=1S/C25H23Cl2N5O7S3/c26-16-5-12(6-17(27)29-16)7-19(40)30-20-22(35)32-21(25(38)39)13(11-42-23(20)32)10-41-14-1-3-31(4-2-14)8-18(34)28-15(9-33)24(36)37/h1-6,15,20,23,33H,7-11H2,(H3-,28,30,34,36,37,38,39,40)/p+1/t15?,20-,23+/m0/s1. The van der Waals surface area contributed by atoms with Crippen LogP contribution in [0, 0.1) is 0 Å². The Morgan fingerprint density at radius 2 is 1.88 bits per heavy atom. The second-order valence-electron chi connectivity index (χ2n) is 9.15. The number of thioether (sulfide) groups is 2. The minimum absolute atomic E-state index is 0.0348. The van der Waals surface area contributed by atoms with Crippen molar-refractivity contribution in [2.75, 3.05) is 18.1 Å². The summed E-state index contributed by atoms with van der Waals surface area (Å²) in [5.41, 5.74) is 1.29. The molecule has 4 rings (SSSR count). The highest BCUT2D eigenvalue weighted by Crippen LogP contribution is 2.41. The van der Waals surface area contributed by atoms with Gasteiger partial charge in [-0.1, -0.05) is 35.4 Å². The summed E-state index contributed by atoms with van der Waals surface area (Å²) >= 11 is 20.1. The van der Waals surface area contributed by atoms with Gasteiger partial charge in [-0.05, 0) is 23.3 Å². The molecule has 0 bridgehead atoms. The van der Waals surface area contributed by atoms with Crippen molar-refractivity contribution in [1.29, 1.82) is 0 Å². The van der Waals surface area contributed by atoms with E-state index in [-0.39, 0.29) is 34.9 Å². The van der Waals surface area contributed by atoms with E-state index in [1.165, 1.54) is 33.0 Å². The van der Waals surface area contributed by atoms with Gasteiger partial charge < -0.3 is 26.0 Å². The largest absolute Gasteiger partial charge is 0.480 e. The molecule has 2 amide bonds. The van der Waals surface area contributed by atoms with Crippen LogP contribution in [-0.2, 0) is 32.1 Å². The maximum Gasteiger partial charge on any atom is 0.352 e. The number of carboxylic acid groups (broad SMARTS) is 2. The number of thiocarbonyl (C=S) groups is 1. The number of halogens is 2. The molecule has 0 saturated carbocycles. The van der Waals surface area contributed by atoms with Gasteiger partial charge in [0.2, 0.25) is 6.54 Å². The molecule has 2 aliphatic rings. The van der Waals surface area contributed by atoms with E-state index in [2.05, 4.69) is 15.6 Å². The fourth-order valence-electron chi connectivity index (χ4n) is 4.23. The summed E-state index contributed by atoms with van der Waals surface area (Å²) in [6.45, 7) is -0.874. The number of aliphatic hydroxyl groups excluding tert-OH is 1. The van der Waals surface area contributed by atoms with E-state index in [1.807, 2.05) is 0 Å². The average Bonchev–Trinajstić information content (AvgIpc) is 2.92. The lowest BCUT2D eigenvalue weighted by Gasteiger charge is -2.49. The summed E-state index contributed by atoms with van der Waals surface area (Å²) < 4.78 is 1.53. The van der Waals surface area contributed by atoms with E-state index in [1.54, 1.807) is 36.7 Å². The first-order valence-corrected chi connectivity index (χ1v) is 15.4. The molecule has 17 heteroatoms. The van der Waals surface area contributed by atoms with Gasteiger partial charge in [-0.25, -0.2) is 14.6 Å². The Bertz CT molecular complexity index is 1440. The number of hydrogen-bond acceptors (Lipinski definition) is 9. The molecule has 1 fully saturated rings. The zero-order chi connectivity index (χ0) is 30.6. The zero-order valence-electron chi connectivity index (χ0n) is 21.5. The van der Waals surface area contributed by atoms with Crippen LogP contribution in [-0.4, -0.2) is 89.5 Å². The van der Waals surface area contributed by atoms with Gasteiger partial charge in [0, 0.05) is 35.0 Å². The van der Waals surface area contributed by atoms with Crippen molar-refractivity contribution in [3.05, 3.63) is 63.8 Å². The highest BCUT2D eigenvalue weighted by molar-refractivity contribution is 8.01. The predicted octanol–water partition coefficient (Wildman–Crippen LogP) is 1.11. The van der Waals surface area contributed by atoms with Crippen LogP contribution < -0.4 is 15.2 Å². The van der Waals surface area contributed by atoms with E-state index >= 15 is 0 Å². The van der Waals surface area contributed by atoms with Crippen LogP contribution in [0.4, 0.5) is 0 Å². The number of carboxylic acids is 2. The van der Waals surface area contributed by atoms with E-state index in [0.29, 0.717) is 22.1 Å². The monoisotopic (exact) mass is 672 g/mol. The van der Waals surface area contributed by atoms with Crippen molar-refractivity contribution in [2.45, 2.75) is 35.3 Å². The summed E-state index contributed by atoms with van der Waals surface area (Å²) in [5.74, 6) is -2.75. The molecular formula is C25H24Cl2N5O7S3+. The third-order valence-corrected chi connectivity index (χ3v) is 9.26. The number of aromatic nitrogens is 2. The number of pyridine rings is 2. The molecular weight excluding hydrogens is 649 g/mol. The molecule has 5 N–H and O–H groups in total. The Kier molecular flexibility index (Phi) is 10.7. The number of rotatable bonds is 12. The molecule has 0 aromatic carbocycles. The second kappa shape index (κ2) is 14.0. The van der Waals surface area contributed by atoms with Crippen LogP contribution in [0.15, 0.2) is 52.8 Å². The molecule has 2 aliphatic heterocycles. The molecule has 4 heterocycles. The number of nitrogens with one attached hydrogen (secondary N) is 2. The number of carbonyl (C=O) groups is 4. The molecule has 0 spiro atoms. The number of nitrogens with zero attached hydrogens (tertiary/aromatic N) is 3. The van der Waals surface area contributed by atoms with Gasteiger partial charge in [0.25, 0.3) is 11.8 Å². The molecule has 222 valence electrons. The number of aliphatic carboxylic acids is 2. The maximum atomic E-state index is 13.0. The van der Waals surface area contributed by atoms with E-state index < -0.39 is 41.9 Å². The molecule has 3 atom stereocenters. The first kappa shape index (κ1) is 32.0. The minimum Gasteiger partial charge on any atom is -0.480 e. The lowest BCUT2D eigenvalue weighted by molar-refractivity contribution is -0.684. The fourth-order valence-corrected chi connectivity index (χ4v) is 7.40. The number of aliphatic hydroxyl groups is 1. The Morgan fingerprint density at radius 1 is 1.21 bits per heavy atom. The second-order valence-corrected chi connectivity index (χ2v) is 12.6. The van der Waals surface area contributed by atoms with Crippen LogP contribution in [0.25, 0.3) is 0 Å². The lowest BCUT2D eigenvalue weighted by atomic mass is 10.0. The quantitative estimate of drug-likeness (QED) is 0.0716. The molecule has 2 aromatic rings. The van der Waals surface area contributed by atoms with Crippen LogP contribution in [0.2, 0.25) is 10.3 Å². The normalized spacial score (nSPS) is 18.5. The Morgan fingerprint density at radius 3 is 2.48 bits per heavy atom. The molecule has 0 aliphatic carbocycles. The van der Waals surface area contributed by atoms with Gasteiger partial charge in [0.05, 0.1) is 11.6 Å². The van der Waals surface area contributed by atoms with Crippen molar-refractivity contribution in [2.24, 2.45) is 0 Å². The summed E-state index contributed by atoms with van der Waals surface area (Å²) in [5, 5.41) is 33.2. The van der Waals surface area contributed by atoms with Crippen molar-refractivity contribution >= 4 is 87.7 Å². The third-order valence-electron chi connectivity index (χ3n) is 6.17. The van der Waals surface area contributed by atoms with E-state index in [9.17, 15) is 24.3 Å². The van der Waals surface area contributed by atoms with E-state index in [4.69, 9.17) is 45.6 Å². The lowest BCUT2D eigenvalue weighted by Crippen LogP contribution is -2.70. The van der Waals surface area contributed by atoms with E-state index in [0.717, 1.165) is 10.5 Å². The van der Waals surface area contributed by atoms with Crippen LogP contribution >= 0.6 is 58.9 Å². The third kappa shape index (κ3) is 7.71.